The number of fused-ring (bicyclic) bond motifs is 4. The second-order valence-electron chi connectivity index (χ2n) is 21.5. The van der Waals surface area contributed by atoms with Crippen molar-refractivity contribution >= 4 is 29.1 Å². The molecule has 0 amide bonds. The number of aromatic carboxylic acids is 1. The number of hydrogen-bond acceptors (Lipinski definition) is 24. The third kappa shape index (κ3) is 21.8. The molecule has 0 fully saturated rings. The second kappa shape index (κ2) is 37.4. The lowest BCUT2D eigenvalue weighted by atomic mass is 9.99. The molecule has 9 N–H and O–H groups in total. The molecule has 25 nitrogen and oxygen atoms in total. The highest BCUT2D eigenvalue weighted by Crippen LogP contribution is 2.42. The fraction of sp³-hybridized carbons (Fsp3) is 0.284. The maximum Gasteiger partial charge on any atom is 0.339 e. The van der Waals surface area contributed by atoms with Gasteiger partial charge in [-0.1, -0.05) is 24.3 Å². The standard InChI is InChI=1S/C11H14O3.C10H12O4.C10H10O3.C10H12O3.C9H10O4.C9H10O2.C8H8O3.C7H6O3/c1-4-14-10-6-5-9(8(3)12)11(13)7(10)2;1-6(11)10-8(12)4-7(13-2)5-9(10)14-3;1-10(2)9(12)8-6(11)4-3-5-7(8)13-10;1-3-13-8-4-5-9(7(2)11)10(12)6-8;1-2-13-6-3-4-7(9(11)12)8(10)5-6;10-8-4-1-5-9-7(8)3-2-6-11-9;9-6-2-1-3-7-8(6)11-5-4-10-7;8-5-2-1-3-6-7(5)10-4-9-6/h5-6,13H,4H2,1-3H3;4-5,12H,1-3H3;3-5,11H,1-2H3;4-6,12H,3H2,1-2H3;3-5,10H,2H2,1H3,(H,11,12);1,4-5,10H,2-3,6H2;1-3,9H,4-5H2;1-3,8H,4H2. The summed E-state index contributed by atoms with van der Waals surface area (Å²) in [4.78, 5) is 55.3. The third-order valence-electron chi connectivity index (χ3n) is 14.1. The summed E-state index contributed by atoms with van der Waals surface area (Å²) in [6.07, 6.45) is 1.94. The predicted molar refractivity (Wildman–Crippen MR) is 363 cm³/mol. The van der Waals surface area contributed by atoms with Gasteiger partial charge in [-0.25, -0.2) is 4.79 Å². The summed E-state index contributed by atoms with van der Waals surface area (Å²) in [5.41, 5.74) is 1.73. The molecule has 4 aliphatic rings. The molecule has 8 aromatic rings. The van der Waals surface area contributed by atoms with Gasteiger partial charge in [0.1, 0.15) is 105 Å². The molecule has 0 radical (unpaired) electrons. The molecule has 4 heterocycles. The molecule has 0 spiro atoms. The molecule has 0 saturated carbocycles. The maximum absolute atomic E-state index is 11.7. The topological polar surface area (TPSA) is 369 Å². The Kier molecular flexibility index (Phi) is 29.4. The maximum atomic E-state index is 11.7. The molecule has 528 valence electrons. The monoisotopic (exact) mass is 1370 g/mol. The summed E-state index contributed by atoms with van der Waals surface area (Å²) in [5, 5.41) is 83.6. The van der Waals surface area contributed by atoms with E-state index in [0.29, 0.717) is 119 Å². The molecule has 0 unspecified atom stereocenters. The molecule has 0 aliphatic carbocycles. The van der Waals surface area contributed by atoms with Gasteiger partial charge in [0.25, 0.3) is 0 Å². The van der Waals surface area contributed by atoms with Gasteiger partial charge < -0.3 is 98.1 Å². The lowest BCUT2D eigenvalue weighted by Crippen LogP contribution is -2.31. The Morgan fingerprint density at radius 2 is 0.970 bits per heavy atom. The van der Waals surface area contributed by atoms with Crippen molar-refractivity contribution in [3.05, 3.63) is 172 Å². The number of phenolic OH excluding ortho intramolecular Hbond substituents is 7. The highest BCUT2D eigenvalue weighted by Gasteiger charge is 2.41. The summed E-state index contributed by atoms with van der Waals surface area (Å²) >= 11 is 0. The van der Waals surface area contributed by atoms with Crippen molar-refractivity contribution in [2.75, 3.05) is 60.7 Å². The summed E-state index contributed by atoms with van der Waals surface area (Å²) in [5.74, 6) is 4.21. The first kappa shape index (κ1) is 77.8. The third-order valence-corrected chi connectivity index (χ3v) is 14.1. The Labute approximate surface area is 572 Å². The number of carbonyl (C=O) groups is 5. The van der Waals surface area contributed by atoms with Crippen LogP contribution < -0.4 is 52.1 Å². The number of hydrogen-bond donors (Lipinski definition) is 9. The van der Waals surface area contributed by atoms with Crippen LogP contribution >= 0.6 is 0 Å². The minimum Gasteiger partial charge on any atom is -0.508 e. The van der Waals surface area contributed by atoms with E-state index in [0.717, 1.165) is 30.8 Å². The number of carbonyl (C=O) groups excluding carboxylic acids is 4. The first-order valence-electron chi connectivity index (χ1n) is 30.9. The molecule has 8 aromatic carbocycles. The van der Waals surface area contributed by atoms with Gasteiger partial charge >= 0.3 is 5.97 Å². The van der Waals surface area contributed by atoms with Crippen LogP contribution in [0.4, 0.5) is 0 Å². The summed E-state index contributed by atoms with van der Waals surface area (Å²) in [6.45, 7) is 18.4. The summed E-state index contributed by atoms with van der Waals surface area (Å²) in [7, 11) is 2.91. The van der Waals surface area contributed by atoms with Crippen molar-refractivity contribution in [2.24, 2.45) is 0 Å². The number of methoxy groups -OCH3 is 2. The van der Waals surface area contributed by atoms with E-state index in [1.807, 2.05) is 26.8 Å². The van der Waals surface area contributed by atoms with Gasteiger partial charge in [-0.15, -0.1) is 0 Å². The quantitative estimate of drug-likeness (QED) is 0.0513. The van der Waals surface area contributed by atoms with Gasteiger partial charge in [-0.05, 0) is 160 Å². The van der Waals surface area contributed by atoms with Crippen molar-refractivity contribution in [2.45, 2.75) is 80.8 Å². The molecular weight excluding hydrogens is 1290 g/mol. The van der Waals surface area contributed by atoms with E-state index in [2.05, 4.69) is 0 Å². The number of para-hydroxylation sites is 2. The number of ether oxygens (including phenoxy) is 11. The van der Waals surface area contributed by atoms with Crippen molar-refractivity contribution < 1.29 is 122 Å². The van der Waals surface area contributed by atoms with E-state index in [1.165, 1.54) is 71.4 Å². The van der Waals surface area contributed by atoms with Crippen LogP contribution in [-0.4, -0.2) is 141 Å². The molecule has 0 saturated heterocycles. The van der Waals surface area contributed by atoms with E-state index < -0.39 is 11.6 Å². The minimum absolute atomic E-state index is 0.00641. The molecular formula is C74H82O25. The Morgan fingerprint density at radius 3 is 1.46 bits per heavy atom. The van der Waals surface area contributed by atoms with Crippen molar-refractivity contribution in [3.8, 4) is 109 Å². The smallest absolute Gasteiger partial charge is 0.339 e. The number of carboxylic acid groups (broad SMARTS) is 1. The van der Waals surface area contributed by atoms with Crippen molar-refractivity contribution in [3.63, 3.8) is 0 Å². The van der Waals surface area contributed by atoms with Crippen molar-refractivity contribution in [1.29, 1.82) is 0 Å². The molecule has 4 aliphatic heterocycles. The molecule has 12 rings (SSSR count). The number of benzene rings is 8. The number of carboxylic acids is 1. The van der Waals surface area contributed by atoms with Crippen LogP contribution in [0.2, 0.25) is 0 Å². The van der Waals surface area contributed by atoms with Gasteiger partial charge in [0.05, 0.1) is 51.8 Å². The highest BCUT2D eigenvalue weighted by molar-refractivity contribution is 6.09. The second-order valence-corrected chi connectivity index (χ2v) is 21.5. The van der Waals surface area contributed by atoms with Gasteiger partial charge in [0, 0.05) is 35.4 Å². The molecule has 0 aromatic heterocycles. The predicted octanol–water partition coefficient (Wildman–Crippen LogP) is 13.1. The van der Waals surface area contributed by atoms with Gasteiger partial charge in [0.2, 0.25) is 24.1 Å². The van der Waals surface area contributed by atoms with Gasteiger partial charge in [-0.2, -0.15) is 0 Å². The Morgan fingerprint density at radius 1 is 0.475 bits per heavy atom. The Balaban J connectivity index is 0.000000204. The fourth-order valence-electron chi connectivity index (χ4n) is 9.30. The van der Waals surface area contributed by atoms with Crippen LogP contribution in [0.15, 0.2) is 133 Å². The number of aromatic hydroxyl groups is 8. The zero-order valence-corrected chi connectivity index (χ0v) is 56.6. The summed E-state index contributed by atoms with van der Waals surface area (Å²) in [6, 6.07) is 35.3. The van der Waals surface area contributed by atoms with Crippen LogP contribution in [-0.2, 0) is 6.42 Å². The first-order valence-corrected chi connectivity index (χ1v) is 30.9. The number of ketones is 4. The lowest BCUT2D eigenvalue weighted by molar-refractivity contribution is 0.0681. The lowest BCUT2D eigenvalue weighted by Gasteiger charge is -2.18. The average Bonchev–Trinajstić information content (AvgIpc) is 1.61. The van der Waals surface area contributed by atoms with E-state index in [9.17, 15) is 59.7 Å². The van der Waals surface area contributed by atoms with Gasteiger partial charge in [-0.3, -0.25) is 19.2 Å². The SMILES string of the molecule is CC1(C)Oc2cccc(O)c2C1=O.CCOc1ccc(C(=O)O)c(O)c1.CCOc1ccc(C(C)=O)c(O)c1.CCOc1ccc(C(C)=O)c(O)c1C.COc1cc(O)c(C(C)=O)c(OC)c1.Oc1cccc2c1CCCO2.Oc1cccc2c1OCCO2.Oc1cccc2c1OCO2. The summed E-state index contributed by atoms with van der Waals surface area (Å²) < 4.78 is 56.5. The molecule has 0 atom stereocenters. The molecule has 99 heavy (non-hydrogen) atoms. The fourth-order valence-corrected chi connectivity index (χ4v) is 9.30. The molecule has 0 bridgehead atoms. The number of phenols is 8. The number of rotatable bonds is 12. The molecule has 25 heteroatoms. The zero-order chi connectivity index (χ0) is 73.1. The largest absolute Gasteiger partial charge is 0.508 e. The van der Waals surface area contributed by atoms with E-state index in [-0.39, 0.29) is 81.3 Å². The van der Waals surface area contributed by atoms with Crippen LogP contribution in [0.5, 0.6) is 109 Å². The first-order chi connectivity index (χ1) is 47.1. The van der Waals surface area contributed by atoms with Crippen molar-refractivity contribution in [1.82, 2.24) is 0 Å². The van der Waals surface area contributed by atoms with E-state index >= 15 is 0 Å². The van der Waals surface area contributed by atoms with E-state index in [1.54, 1.807) is 112 Å². The highest BCUT2D eigenvalue weighted by atomic mass is 16.7. The Hall–Kier alpha value is -11.9. The van der Waals surface area contributed by atoms with Crippen LogP contribution in [0.3, 0.4) is 0 Å². The van der Waals surface area contributed by atoms with Crippen LogP contribution in [0.1, 0.15) is 125 Å². The van der Waals surface area contributed by atoms with Crippen LogP contribution in [0.25, 0.3) is 0 Å². The van der Waals surface area contributed by atoms with Crippen LogP contribution in [0, 0.1) is 6.92 Å². The average molecular weight is 1370 g/mol. The van der Waals surface area contributed by atoms with E-state index in [4.69, 9.17) is 62.3 Å². The normalized spacial score (nSPS) is 12.4. The number of Topliss-reactive ketones (excluding diaryl/α,β-unsaturated/α-hetero) is 4. The minimum atomic E-state index is -1.15. The zero-order valence-electron chi connectivity index (χ0n) is 56.6. The Bertz CT molecular complexity index is 3960. The van der Waals surface area contributed by atoms with Gasteiger partial charge in [0.15, 0.2) is 45.9 Å².